The van der Waals surface area contributed by atoms with Crippen LogP contribution in [0.15, 0.2) is 18.2 Å². The Hall–Kier alpha value is -1.35. The van der Waals surface area contributed by atoms with Crippen molar-refractivity contribution in [3.8, 4) is 0 Å². The molecule has 0 bridgehead atoms. The molecule has 3 nitrogen and oxygen atoms in total. The molecule has 0 fully saturated rings. The molecule has 1 aromatic carbocycles. The van der Waals surface area contributed by atoms with Crippen LogP contribution in [0.25, 0.3) is 0 Å². The fourth-order valence-corrected chi connectivity index (χ4v) is 2.35. The summed E-state index contributed by atoms with van der Waals surface area (Å²) in [7, 11) is 0. The van der Waals surface area contributed by atoms with Crippen LogP contribution in [-0.2, 0) is 4.79 Å². The maximum absolute atomic E-state index is 12.0. The fraction of sp³-hybridized carbons (Fsp3) is 0.562. The van der Waals surface area contributed by atoms with Gasteiger partial charge in [0.1, 0.15) is 0 Å². The summed E-state index contributed by atoms with van der Waals surface area (Å²) in [5, 5.41) is 3.06. The highest BCUT2D eigenvalue weighted by atomic mass is 16.1. The predicted molar refractivity (Wildman–Crippen MR) is 79.9 cm³/mol. The van der Waals surface area contributed by atoms with Crippen LogP contribution in [0.3, 0.4) is 0 Å². The average molecular weight is 262 g/mol. The summed E-state index contributed by atoms with van der Waals surface area (Å²) in [6.45, 7) is 8.83. The number of benzene rings is 1. The number of carbonyl (C=O) groups excluding carboxylic acids is 1. The van der Waals surface area contributed by atoms with Gasteiger partial charge in [0.05, 0.1) is 6.04 Å². The number of nitrogens with two attached hydrogens (primary N) is 1. The van der Waals surface area contributed by atoms with Crippen molar-refractivity contribution in [3.63, 3.8) is 0 Å². The summed E-state index contributed by atoms with van der Waals surface area (Å²) in [4.78, 5) is 12.0. The third-order valence-corrected chi connectivity index (χ3v) is 3.65. The van der Waals surface area contributed by atoms with Crippen molar-refractivity contribution in [1.29, 1.82) is 0 Å². The standard InChI is InChI=1S/C16H26N2O/c1-5-14(10-17)9-16(19)18-13(4)15-7-6-11(2)8-12(15)3/h6-8,13-14H,5,9-10,17H2,1-4H3,(H,18,19). The fourth-order valence-electron chi connectivity index (χ4n) is 2.35. The number of aryl methyl sites for hydroxylation is 2. The molecule has 0 saturated heterocycles. The van der Waals surface area contributed by atoms with Gasteiger partial charge >= 0.3 is 0 Å². The smallest absolute Gasteiger partial charge is 0.220 e. The zero-order valence-electron chi connectivity index (χ0n) is 12.5. The van der Waals surface area contributed by atoms with Crippen LogP contribution in [-0.4, -0.2) is 12.5 Å². The topological polar surface area (TPSA) is 55.1 Å². The Kier molecular flexibility index (Phi) is 6.03. The van der Waals surface area contributed by atoms with E-state index in [2.05, 4.69) is 44.3 Å². The number of hydrogen-bond acceptors (Lipinski definition) is 2. The molecule has 19 heavy (non-hydrogen) atoms. The molecular weight excluding hydrogens is 236 g/mol. The molecule has 106 valence electrons. The van der Waals surface area contributed by atoms with Crippen molar-refractivity contribution in [1.82, 2.24) is 5.32 Å². The van der Waals surface area contributed by atoms with E-state index in [9.17, 15) is 4.79 Å². The lowest BCUT2D eigenvalue weighted by molar-refractivity contribution is -0.122. The van der Waals surface area contributed by atoms with Crippen LogP contribution in [0, 0.1) is 19.8 Å². The Morgan fingerprint density at radius 2 is 2.05 bits per heavy atom. The van der Waals surface area contributed by atoms with Gasteiger partial charge in [-0.1, -0.05) is 37.1 Å². The maximum Gasteiger partial charge on any atom is 0.220 e. The maximum atomic E-state index is 12.0. The Morgan fingerprint density at radius 1 is 1.37 bits per heavy atom. The number of carbonyl (C=O) groups is 1. The molecule has 1 aromatic rings. The Balaban J connectivity index is 2.63. The second kappa shape index (κ2) is 7.29. The molecular formula is C16H26N2O. The molecule has 0 heterocycles. The summed E-state index contributed by atoms with van der Waals surface area (Å²) < 4.78 is 0. The van der Waals surface area contributed by atoms with Crippen LogP contribution in [0.2, 0.25) is 0 Å². The molecule has 0 radical (unpaired) electrons. The molecule has 1 rings (SSSR count). The monoisotopic (exact) mass is 262 g/mol. The first-order valence-corrected chi connectivity index (χ1v) is 7.04. The van der Waals surface area contributed by atoms with Crippen LogP contribution < -0.4 is 11.1 Å². The number of rotatable bonds is 6. The van der Waals surface area contributed by atoms with Crippen LogP contribution in [0.1, 0.15) is 49.4 Å². The minimum absolute atomic E-state index is 0.0448. The molecule has 2 unspecified atom stereocenters. The van der Waals surface area contributed by atoms with Gasteiger partial charge in [0.25, 0.3) is 0 Å². The summed E-state index contributed by atoms with van der Waals surface area (Å²) in [5.41, 5.74) is 9.28. The van der Waals surface area contributed by atoms with E-state index >= 15 is 0 Å². The normalized spacial score (nSPS) is 13.9. The van der Waals surface area contributed by atoms with Gasteiger partial charge in [-0.05, 0) is 44.4 Å². The van der Waals surface area contributed by atoms with Gasteiger partial charge in [-0.25, -0.2) is 0 Å². The van der Waals surface area contributed by atoms with E-state index in [1.54, 1.807) is 0 Å². The molecule has 0 aliphatic heterocycles. The van der Waals surface area contributed by atoms with Crippen molar-refractivity contribution < 1.29 is 4.79 Å². The van der Waals surface area contributed by atoms with Crippen molar-refractivity contribution in [2.24, 2.45) is 11.7 Å². The van der Waals surface area contributed by atoms with Gasteiger partial charge in [-0.15, -0.1) is 0 Å². The lowest BCUT2D eigenvalue weighted by atomic mass is 9.99. The van der Waals surface area contributed by atoms with E-state index in [1.165, 1.54) is 16.7 Å². The van der Waals surface area contributed by atoms with E-state index < -0.39 is 0 Å². The van der Waals surface area contributed by atoms with E-state index in [4.69, 9.17) is 5.73 Å². The SMILES string of the molecule is CCC(CN)CC(=O)NC(C)c1ccc(C)cc1C. The Bertz CT molecular complexity index is 425. The molecule has 3 heteroatoms. The highest BCUT2D eigenvalue weighted by Crippen LogP contribution is 2.19. The van der Waals surface area contributed by atoms with Crippen LogP contribution in [0.5, 0.6) is 0 Å². The van der Waals surface area contributed by atoms with Crippen LogP contribution >= 0.6 is 0 Å². The summed E-state index contributed by atoms with van der Waals surface area (Å²) in [6, 6.07) is 6.37. The lowest BCUT2D eigenvalue weighted by Crippen LogP contribution is -2.30. The molecule has 0 saturated carbocycles. The Labute approximate surface area is 116 Å². The summed E-state index contributed by atoms with van der Waals surface area (Å²) in [6.07, 6.45) is 1.46. The second-order valence-electron chi connectivity index (χ2n) is 5.36. The summed E-state index contributed by atoms with van der Waals surface area (Å²) >= 11 is 0. The van der Waals surface area contributed by atoms with E-state index in [0.29, 0.717) is 13.0 Å². The van der Waals surface area contributed by atoms with E-state index in [1.807, 2.05) is 6.92 Å². The number of amides is 1. The van der Waals surface area contributed by atoms with Crippen molar-refractivity contribution >= 4 is 5.91 Å². The zero-order valence-corrected chi connectivity index (χ0v) is 12.5. The molecule has 0 aliphatic rings. The second-order valence-corrected chi connectivity index (χ2v) is 5.36. The van der Waals surface area contributed by atoms with Gasteiger partial charge in [0, 0.05) is 6.42 Å². The van der Waals surface area contributed by atoms with Crippen molar-refractivity contribution in [2.75, 3.05) is 6.54 Å². The molecule has 0 spiro atoms. The molecule has 1 amide bonds. The first kappa shape index (κ1) is 15.7. The third kappa shape index (κ3) is 4.67. The minimum atomic E-state index is 0.0448. The Morgan fingerprint density at radius 3 is 2.58 bits per heavy atom. The first-order chi connectivity index (χ1) is 8.97. The van der Waals surface area contributed by atoms with Gasteiger partial charge in [-0.2, -0.15) is 0 Å². The van der Waals surface area contributed by atoms with E-state index in [0.717, 1.165) is 6.42 Å². The average Bonchev–Trinajstić information content (AvgIpc) is 2.35. The third-order valence-electron chi connectivity index (χ3n) is 3.65. The van der Waals surface area contributed by atoms with Gasteiger partial charge in [0.2, 0.25) is 5.91 Å². The first-order valence-electron chi connectivity index (χ1n) is 7.04. The number of nitrogens with one attached hydrogen (secondary N) is 1. The quantitative estimate of drug-likeness (QED) is 0.828. The largest absolute Gasteiger partial charge is 0.350 e. The molecule has 2 atom stereocenters. The lowest BCUT2D eigenvalue weighted by Gasteiger charge is -2.19. The molecule has 3 N–H and O–H groups in total. The van der Waals surface area contributed by atoms with Gasteiger partial charge in [-0.3, -0.25) is 4.79 Å². The molecule has 0 aliphatic carbocycles. The van der Waals surface area contributed by atoms with Crippen molar-refractivity contribution in [3.05, 3.63) is 34.9 Å². The van der Waals surface area contributed by atoms with Crippen LogP contribution in [0.4, 0.5) is 0 Å². The van der Waals surface area contributed by atoms with Gasteiger partial charge < -0.3 is 11.1 Å². The highest BCUT2D eigenvalue weighted by Gasteiger charge is 2.14. The number of hydrogen-bond donors (Lipinski definition) is 2. The highest BCUT2D eigenvalue weighted by molar-refractivity contribution is 5.76. The van der Waals surface area contributed by atoms with E-state index in [-0.39, 0.29) is 17.9 Å². The van der Waals surface area contributed by atoms with Crippen molar-refractivity contribution in [2.45, 2.75) is 46.6 Å². The van der Waals surface area contributed by atoms with Gasteiger partial charge in [0.15, 0.2) is 0 Å². The minimum Gasteiger partial charge on any atom is -0.350 e. The summed E-state index contributed by atoms with van der Waals surface area (Å²) in [5.74, 6) is 0.371. The molecule has 0 aromatic heterocycles. The predicted octanol–water partition coefficient (Wildman–Crippen LogP) is 2.86. The zero-order chi connectivity index (χ0) is 14.4.